The number of benzene rings is 1. The molecule has 19 heavy (non-hydrogen) atoms. The summed E-state index contributed by atoms with van der Waals surface area (Å²) >= 11 is 0. The Bertz CT molecular complexity index is 500. The van der Waals surface area contributed by atoms with E-state index in [0.29, 0.717) is 18.5 Å². The van der Waals surface area contributed by atoms with Crippen LogP contribution in [0.2, 0.25) is 0 Å². The average Bonchev–Trinajstić information content (AvgIpc) is 2.44. The van der Waals surface area contributed by atoms with Gasteiger partial charge in [0.05, 0.1) is 0 Å². The Kier molecular flexibility index (Phi) is 3.85. The van der Waals surface area contributed by atoms with E-state index in [2.05, 4.69) is 0 Å². The van der Waals surface area contributed by atoms with Gasteiger partial charge >= 0.3 is 5.97 Å². The first kappa shape index (κ1) is 13.5. The SMILES string of the molecule is COC(C)C(=O)N1CCc2ccccc2C1C(=O)O. The molecule has 5 heteroatoms. The van der Waals surface area contributed by atoms with Crippen molar-refractivity contribution >= 4 is 11.9 Å². The average molecular weight is 263 g/mol. The van der Waals surface area contributed by atoms with Gasteiger partial charge in [-0.15, -0.1) is 0 Å². The van der Waals surface area contributed by atoms with E-state index in [1.54, 1.807) is 19.1 Å². The highest BCUT2D eigenvalue weighted by molar-refractivity contribution is 5.87. The molecule has 1 aliphatic heterocycles. The van der Waals surface area contributed by atoms with Crippen LogP contribution in [0.3, 0.4) is 0 Å². The number of fused-ring (bicyclic) bond motifs is 1. The lowest BCUT2D eigenvalue weighted by molar-refractivity contribution is -0.155. The Balaban J connectivity index is 2.37. The van der Waals surface area contributed by atoms with Crippen molar-refractivity contribution < 1.29 is 19.4 Å². The third kappa shape index (κ3) is 2.46. The van der Waals surface area contributed by atoms with Crippen LogP contribution in [-0.2, 0) is 20.7 Å². The van der Waals surface area contributed by atoms with Crippen LogP contribution in [0.15, 0.2) is 24.3 Å². The molecule has 2 unspecified atom stereocenters. The van der Waals surface area contributed by atoms with E-state index in [1.807, 2.05) is 12.1 Å². The van der Waals surface area contributed by atoms with Crippen LogP contribution in [0.1, 0.15) is 24.1 Å². The molecule has 0 saturated carbocycles. The Morgan fingerprint density at radius 1 is 1.42 bits per heavy atom. The van der Waals surface area contributed by atoms with Crippen molar-refractivity contribution in [3.05, 3.63) is 35.4 Å². The van der Waals surface area contributed by atoms with Crippen molar-refractivity contribution in [1.82, 2.24) is 4.90 Å². The largest absolute Gasteiger partial charge is 0.479 e. The molecule has 0 aliphatic carbocycles. The van der Waals surface area contributed by atoms with Crippen LogP contribution in [0, 0.1) is 0 Å². The fraction of sp³-hybridized carbons (Fsp3) is 0.429. The molecule has 0 fully saturated rings. The molecular weight excluding hydrogens is 246 g/mol. The van der Waals surface area contributed by atoms with Gasteiger partial charge < -0.3 is 14.7 Å². The summed E-state index contributed by atoms with van der Waals surface area (Å²) in [5.41, 5.74) is 1.68. The third-order valence-electron chi connectivity index (χ3n) is 3.50. The highest BCUT2D eigenvalue weighted by Gasteiger charge is 2.37. The van der Waals surface area contributed by atoms with Crippen molar-refractivity contribution in [2.75, 3.05) is 13.7 Å². The minimum atomic E-state index is -1.01. The number of carbonyl (C=O) groups is 2. The molecule has 1 heterocycles. The summed E-state index contributed by atoms with van der Waals surface area (Å²) in [5, 5.41) is 9.42. The molecule has 102 valence electrons. The molecule has 5 nitrogen and oxygen atoms in total. The van der Waals surface area contributed by atoms with Gasteiger partial charge in [0.25, 0.3) is 5.91 Å². The smallest absolute Gasteiger partial charge is 0.331 e. The van der Waals surface area contributed by atoms with Crippen LogP contribution in [0.25, 0.3) is 0 Å². The molecule has 1 aliphatic rings. The standard InChI is InChI=1S/C14H17NO4/c1-9(19-2)13(16)15-8-7-10-5-3-4-6-11(10)12(15)14(17)18/h3-6,9,12H,7-8H2,1-2H3,(H,17,18). The molecule has 1 N–H and O–H groups in total. The lowest BCUT2D eigenvalue weighted by Crippen LogP contribution is -2.47. The van der Waals surface area contributed by atoms with Gasteiger partial charge in [-0.3, -0.25) is 4.79 Å². The van der Waals surface area contributed by atoms with Gasteiger partial charge in [0, 0.05) is 13.7 Å². The number of nitrogens with zero attached hydrogens (tertiary/aromatic N) is 1. The molecule has 1 aromatic rings. The lowest BCUT2D eigenvalue weighted by Gasteiger charge is -2.35. The molecule has 0 aromatic heterocycles. The Labute approximate surface area is 111 Å². The van der Waals surface area contributed by atoms with E-state index in [-0.39, 0.29) is 5.91 Å². The Morgan fingerprint density at radius 3 is 2.74 bits per heavy atom. The summed E-state index contributed by atoms with van der Waals surface area (Å²) in [6.45, 7) is 2.03. The summed E-state index contributed by atoms with van der Waals surface area (Å²) in [4.78, 5) is 25.1. The predicted octanol–water partition coefficient (Wildman–Crippen LogP) is 1.23. The first-order valence-electron chi connectivity index (χ1n) is 6.20. The first-order valence-corrected chi connectivity index (χ1v) is 6.20. The number of carboxylic acid groups (broad SMARTS) is 1. The van der Waals surface area contributed by atoms with Gasteiger partial charge in [-0.2, -0.15) is 0 Å². The summed E-state index contributed by atoms with van der Waals surface area (Å²) in [7, 11) is 1.44. The van der Waals surface area contributed by atoms with E-state index in [4.69, 9.17) is 4.74 Å². The zero-order chi connectivity index (χ0) is 14.0. The second kappa shape index (κ2) is 5.40. The quantitative estimate of drug-likeness (QED) is 0.890. The summed E-state index contributed by atoms with van der Waals surface area (Å²) in [6.07, 6.45) is 0.0365. The summed E-state index contributed by atoms with van der Waals surface area (Å²) in [6, 6.07) is 6.43. The van der Waals surface area contributed by atoms with Gasteiger partial charge in [-0.1, -0.05) is 24.3 Å². The number of carboxylic acids is 1. The topological polar surface area (TPSA) is 66.8 Å². The van der Waals surface area contributed by atoms with Crippen molar-refractivity contribution in [2.45, 2.75) is 25.5 Å². The number of hydrogen-bond donors (Lipinski definition) is 1. The molecular formula is C14H17NO4. The normalized spacial score (nSPS) is 19.7. The van der Waals surface area contributed by atoms with E-state index in [0.717, 1.165) is 5.56 Å². The lowest BCUT2D eigenvalue weighted by atomic mass is 9.92. The Morgan fingerprint density at radius 2 is 2.11 bits per heavy atom. The fourth-order valence-electron chi connectivity index (χ4n) is 2.40. The van der Waals surface area contributed by atoms with E-state index < -0.39 is 18.1 Å². The highest BCUT2D eigenvalue weighted by Crippen LogP contribution is 2.30. The third-order valence-corrected chi connectivity index (χ3v) is 3.50. The number of methoxy groups -OCH3 is 1. The molecule has 1 aromatic carbocycles. The monoisotopic (exact) mass is 263 g/mol. The Hall–Kier alpha value is -1.88. The van der Waals surface area contributed by atoms with Crippen molar-refractivity contribution in [1.29, 1.82) is 0 Å². The number of amides is 1. The number of rotatable bonds is 3. The molecule has 1 amide bonds. The summed E-state index contributed by atoms with van der Waals surface area (Å²) in [5.74, 6) is -1.30. The van der Waals surface area contributed by atoms with E-state index >= 15 is 0 Å². The van der Waals surface area contributed by atoms with Crippen LogP contribution < -0.4 is 0 Å². The van der Waals surface area contributed by atoms with Gasteiger partial charge in [0.2, 0.25) is 0 Å². The second-order valence-electron chi connectivity index (χ2n) is 4.60. The summed E-state index contributed by atoms with van der Waals surface area (Å²) < 4.78 is 5.00. The van der Waals surface area contributed by atoms with E-state index in [1.165, 1.54) is 12.0 Å². The van der Waals surface area contributed by atoms with Crippen LogP contribution in [0.4, 0.5) is 0 Å². The maximum atomic E-state index is 12.2. The highest BCUT2D eigenvalue weighted by atomic mass is 16.5. The van der Waals surface area contributed by atoms with Crippen LogP contribution in [0.5, 0.6) is 0 Å². The van der Waals surface area contributed by atoms with Crippen molar-refractivity contribution in [2.24, 2.45) is 0 Å². The second-order valence-corrected chi connectivity index (χ2v) is 4.60. The fourth-order valence-corrected chi connectivity index (χ4v) is 2.40. The van der Waals surface area contributed by atoms with Gasteiger partial charge in [-0.25, -0.2) is 4.79 Å². The number of hydrogen-bond acceptors (Lipinski definition) is 3. The van der Waals surface area contributed by atoms with Crippen molar-refractivity contribution in [3.63, 3.8) is 0 Å². The van der Waals surface area contributed by atoms with Crippen molar-refractivity contribution in [3.8, 4) is 0 Å². The maximum absolute atomic E-state index is 12.2. The molecule has 2 atom stereocenters. The van der Waals surface area contributed by atoms with Gasteiger partial charge in [0.15, 0.2) is 6.04 Å². The van der Waals surface area contributed by atoms with Crippen LogP contribution >= 0.6 is 0 Å². The number of aliphatic carboxylic acids is 1. The number of carbonyl (C=O) groups excluding carboxylic acids is 1. The zero-order valence-electron chi connectivity index (χ0n) is 11.0. The minimum Gasteiger partial charge on any atom is -0.479 e. The minimum absolute atomic E-state index is 0.288. The molecule has 2 rings (SSSR count). The predicted molar refractivity (Wildman–Crippen MR) is 68.7 cm³/mol. The maximum Gasteiger partial charge on any atom is 0.331 e. The van der Waals surface area contributed by atoms with E-state index in [9.17, 15) is 14.7 Å². The molecule has 0 spiro atoms. The molecule has 0 radical (unpaired) electrons. The van der Waals surface area contributed by atoms with Gasteiger partial charge in [-0.05, 0) is 24.5 Å². The van der Waals surface area contributed by atoms with Crippen LogP contribution in [-0.4, -0.2) is 41.6 Å². The zero-order valence-corrected chi connectivity index (χ0v) is 11.0. The molecule has 0 saturated heterocycles. The first-order chi connectivity index (χ1) is 9.06. The van der Waals surface area contributed by atoms with Gasteiger partial charge in [0.1, 0.15) is 6.10 Å². The number of ether oxygens (including phenoxy) is 1. The molecule has 0 bridgehead atoms.